The molecule has 1 N–H and O–H groups in total. The summed E-state index contributed by atoms with van der Waals surface area (Å²) in [6.45, 7) is 8.51. The Balaban J connectivity index is 1.84. The van der Waals surface area contributed by atoms with E-state index < -0.39 is 5.97 Å². The van der Waals surface area contributed by atoms with E-state index in [1.165, 1.54) is 5.56 Å². The van der Waals surface area contributed by atoms with Crippen LogP contribution in [-0.4, -0.2) is 59.7 Å². The molecule has 5 heteroatoms. The number of carboxylic acid groups (broad SMARTS) is 1. The summed E-state index contributed by atoms with van der Waals surface area (Å²) in [4.78, 5) is 15.0. The molecule has 0 saturated carbocycles. The fourth-order valence-corrected chi connectivity index (χ4v) is 2.54. The van der Waals surface area contributed by atoms with Crippen molar-refractivity contribution in [2.24, 2.45) is 0 Å². The number of ether oxygens (including phenoxy) is 1. The van der Waals surface area contributed by atoms with Crippen molar-refractivity contribution in [2.45, 2.75) is 26.5 Å². The van der Waals surface area contributed by atoms with Crippen LogP contribution < -0.4 is 4.74 Å². The molecule has 21 heavy (non-hydrogen) atoms. The molecule has 0 unspecified atom stereocenters. The van der Waals surface area contributed by atoms with Crippen LogP contribution in [0.3, 0.4) is 0 Å². The lowest BCUT2D eigenvalue weighted by Gasteiger charge is -2.33. The monoisotopic (exact) mass is 292 g/mol. The van der Waals surface area contributed by atoms with Gasteiger partial charge in [0.1, 0.15) is 5.75 Å². The zero-order valence-corrected chi connectivity index (χ0v) is 12.8. The Labute approximate surface area is 126 Å². The number of aliphatic carboxylic acids is 1. The van der Waals surface area contributed by atoms with Crippen LogP contribution in [0.15, 0.2) is 24.3 Å². The van der Waals surface area contributed by atoms with E-state index in [4.69, 9.17) is 9.84 Å². The van der Waals surface area contributed by atoms with E-state index in [2.05, 4.69) is 17.0 Å². The Morgan fingerprint density at radius 1 is 1.24 bits per heavy atom. The molecule has 1 aromatic rings. The molecule has 5 nitrogen and oxygen atoms in total. The van der Waals surface area contributed by atoms with Gasteiger partial charge in [0.15, 0.2) is 0 Å². The van der Waals surface area contributed by atoms with Crippen molar-refractivity contribution in [1.29, 1.82) is 0 Å². The normalized spacial score (nSPS) is 17.1. The lowest BCUT2D eigenvalue weighted by atomic mass is 10.2. The molecule has 0 aromatic heterocycles. The second-order valence-electron chi connectivity index (χ2n) is 5.76. The Morgan fingerprint density at radius 2 is 1.90 bits per heavy atom. The van der Waals surface area contributed by atoms with E-state index in [-0.39, 0.29) is 12.6 Å². The molecule has 0 amide bonds. The van der Waals surface area contributed by atoms with Gasteiger partial charge in [-0.15, -0.1) is 0 Å². The summed E-state index contributed by atoms with van der Waals surface area (Å²) in [6.07, 6.45) is 0.180. The minimum atomic E-state index is -0.748. The first-order valence-corrected chi connectivity index (χ1v) is 7.45. The quantitative estimate of drug-likeness (QED) is 0.864. The zero-order chi connectivity index (χ0) is 15.2. The van der Waals surface area contributed by atoms with Crippen LogP contribution in [0.1, 0.15) is 19.4 Å². The van der Waals surface area contributed by atoms with E-state index in [1.54, 1.807) is 0 Å². The molecule has 2 rings (SSSR count). The van der Waals surface area contributed by atoms with Crippen LogP contribution in [0.25, 0.3) is 0 Å². The Hall–Kier alpha value is -1.59. The fraction of sp³-hybridized carbons (Fsp3) is 0.562. The first-order valence-electron chi connectivity index (χ1n) is 7.45. The van der Waals surface area contributed by atoms with Crippen molar-refractivity contribution in [3.05, 3.63) is 29.8 Å². The lowest BCUT2D eigenvalue weighted by Crippen LogP contribution is -2.47. The van der Waals surface area contributed by atoms with Gasteiger partial charge in [0.2, 0.25) is 0 Å². The van der Waals surface area contributed by atoms with Crippen LogP contribution in [-0.2, 0) is 11.3 Å². The average molecular weight is 292 g/mol. The molecule has 1 aliphatic heterocycles. The molecule has 1 aromatic carbocycles. The van der Waals surface area contributed by atoms with Gasteiger partial charge in [0.05, 0.1) is 12.6 Å². The van der Waals surface area contributed by atoms with Gasteiger partial charge in [-0.05, 0) is 31.5 Å². The minimum absolute atomic E-state index is 0.144. The molecule has 0 radical (unpaired) electrons. The summed E-state index contributed by atoms with van der Waals surface area (Å²) in [5, 5.41) is 8.80. The lowest BCUT2D eigenvalue weighted by molar-refractivity contribution is -0.138. The maximum atomic E-state index is 10.7. The highest BCUT2D eigenvalue weighted by molar-refractivity contribution is 5.69. The highest BCUT2D eigenvalue weighted by Crippen LogP contribution is 2.17. The van der Waals surface area contributed by atoms with Gasteiger partial charge in [-0.1, -0.05) is 12.1 Å². The number of nitrogens with zero attached hydrogens (tertiary/aromatic N) is 2. The van der Waals surface area contributed by atoms with E-state index in [9.17, 15) is 4.79 Å². The SMILES string of the molecule is CC(C)Oc1cccc(CN2CCN(CC(=O)O)CC2)c1. The molecular weight excluding hydrogens is 268 g/mol. The number of carboxylic acids is 1. The van der Waals surface area contributed by atoms with Crippen molar-refractivity contribution in [1.82, 2.24) is 9.80 Å². The largest absolute Gasteiger partial charge is 0.491 e. The average Bonchev–Trinajstić information content (AvgIpc) is 2.40. The maximum Gasteiger partial charge on any atom is 0.317 e. The molecule has 0 aliphatic carbocycles. The Morgan fingerprint density at radius 3 is 2.52 bits per heavy atom. The number of piperazine rings is 1. The summed E-state index contributed by atoms with van der Waals surface area (Å²) in [6, 6.07) is 8.20. The van der Waals surface area contributed by atoms with E-state index in [1.807, 2.05) is 30.9 Å². The Kier molecular flexibility index (Phi) is 5.59. The molecule has 0 spiro atoms. The summed E-state index contributed by atoms with van der Waals surface area (Å²) in [5.74, 6) is 0.161. The third kappa shape index (κ3) is 5.36. The van der Waals surface area contributed by atoms with Gasteiger partial charge in [-0.25, -0.2) is 0 Å². The summed E-state index contributed by atoms with van der Waals surface area (Å²) < 4.78 is 5.71. The van der Waals surface area contributed by atoms with Gasteiger partial charge in [0.25, 0.3) is 0 Å². The second kappa shape index (κ2) is 7.43. The van der Waals surface area contributed by atoms with Crippen LogP contribution >= 0.6 is 0 Å². The zero-order valence-electron chi connectivity index (χ0n) is 12.8. The first-order chi connectivity index (χ1) is 10.0. The summed E-state index contributed by atoms with van der Waals surface area (Å²) >= 11 is 0. The third-order valence-electron chi connectivity index (χ3n) is 3.50. The third-order valence-corrected chi connectivity index (χ3v) is 3.50. The second-order valence-corrected chi connectivity index (χ2v) is 5.76. The summed E-state index contributed by atoms with van der Waals surface area (Å²) in [7, 11) is 0. The number of rotatable bonds is 6. The van der Waals surface area contributed by atoms with E-state index in [0.717, 1.165) is 38.5 Å². The fourth-order valence-electron chi connectivity index (χ4n) is 2.54. The van der Waals surface area contributed by atoms with Crippen molar-refractivity contribution in [3.8, 4) is 5.75 Å². The standard InChI is InChI=1S/C16H24N2O3/c1-13(2)21-15-5-3-4-14(10-15)11-17-6-8-18(9-7-17)12-16(19)20/h3-5,10,13H,6-9,11-12H2,1-2H3,(H,19,20). The van der Waals surface area contributed by atoms with Crippen LogP contribution in [0.2, 0.25) is 0 Å². The minimum Gasteiger partial charge on any atom is -0.491 e. The molecule has 1 fully saturated rings. The van der Waals surface area contributed by atoms with E-state index >= 15 is 0 Å². The number of hydrogen-bond donors (Lipinski definition) is 1. The molecule has 1 saturated heterocycles. The Bertz CT molecular complexity index is 468. The van der Waals surface area contributed by atoms with Crippen molar-refractivity contribution in [2.75, 3.05) is 32.7 Å². The van der Waals surface area contributed by atoms with Gasteiger partial charge in [-0.3, -0.25) is 14.6 Å². The molecule has 1 heterocycles. The smallest absolute Gasteiger partial charge is 0.317 e. The van der Waals surface area contributed by atoms with Crippen molar-refractivity contribution >= 4 is 5.97 Å². The summed E-state index contributed by atoms with van der Waals surface area (Å²) in [5.41, 5.74) is 1.24. The number of hydrogen-bond acceptors (Lipinski definition) is 4. The van der Waals surface area contributed by atoms with Crippen LogP contribution in [0.4, 0.5) is 0 Å². The van der Waals surface area contributed by atoms with Crippen molar-refractivity contribution in [3.63, 3.8) is 0 Å². The van der Waals surface area contributed by atoms with Gasteiger partial charge in [-0.2, -0.15) is 0 Å². The topological polar surface area (TPSA) is 53.0 Å². The van der Waals surface area contributed by atoms with Gasteiger partial charge >= 0.3 is 5.97 Å². The van der Waals surface area contributed by atoms with Gasteiger partial charge in [0, 0.05) is 32.7 Å². The van der Waals surface area contributed by atoms with Gasteiger partial charge < -0.3 is 9.84 Å². The predicted molar refractivity (Wildman–Crippen MR) is 81.6 cm³/mol. The number of carbonyl (C=O) groups is 1. The highest BCUT2D eigenvalue weighted by Gasteiger charge is 2.18. The maximum absolute atomic E-state index is 10.7. The molecular formula is C16H24N2O3. The molecule has 1 aliphatic rings. The number of benzene rings is 1. The molecule has 0 bridgehead atoms. The van der Waals surface area contributed by atoms with E-state index in [0.29, 0.717) is 0 Å². The molecule has 0 atom stereocenters. The molecule has 116 valence electrons. The highest BCUT2D eigenvalue weighted by atomic mass is 16.5. The predicted octanol–water partition coefficient (Wildman–Crippen LogP) is 1.68. The van der Waals surface area contributed by atoms with Crippen LogP contribution in [0.5, 0.6) is 5.75 Å². The van der Waals surface area contributed by atoms with Crippen LogP contribution in [0, 0.1) is 0 Å². The first kappa shape index (κ1) is 15.8. The van der Waals surface area contributed by atoms with Crippen molar-refractivity contribution < 1.29 is 14.6 Å².